The van der Waals surface area contributed by atoms with Gasteiger partial charge in [0.25, 0.3) is 0 Å². The lowest BCUT2D eigenvalue weighted by Gasteiger charge is -2.07. The van der Waals surface area contributed by atoms with Crippen molar-refractivity contribution in [2.24, 2.45) is 4.99 Å². The van der Waals surface area contributed by atoms with Crippen molar-refractivity contribution >= 4 is 22.6 Å². The monoisotopic (exact) mass is 220 g/mol. The zero-order chi connectivity index (χ0) is 10.5. The molecule has 3 heteroatoms. The molecule has 1 aliphatic rings. The molecular formula is C12H16N2S. The van der Waals surface area contributed by atoms with Crippen LogP contribution in [0.4, 0.5) is 5.69 Å². The predicted molar refractivity (Wildman–Crippen MR) is 68.7 cm³/mol. The summed E-state index contributed by atoms with van der Waals surface area (Å²) in [5, 5.41) is 5.09. The highest BCUT2D eigenvalue weighted by atomic mass is 32.2. The second-order valence-electron chi connectivity index (χ2n) is 3.67. The highest BCUT2D eigenvalue weighted by Gasteiger charge is 2.18. The number of thioether (sulfide) groups is 1. The molecule has 1 heterocycles. The molecule has 15 heavy (non-hydrogen) atoms. The van der Waals surface area contributed by atoms with Crippen LogP contribution in [0, 0.1) is 0 Å². The molecule has 2 nitrogen and oxygen atoms in total. The minimum Gasteiger partial charge on any atom is -0.335 e. The zero-order valence-electron chi connectivity index (χ0n) is 8.94. The summed E-state index contributed by atoms with van der Waals surface area (Å²) in [5.41, 5.74) is 1.13. The van der Waals surface area contributed by atoms with E-state index < -0.39 is 0 Å². The fourth-order valence-electron chi connectivity index (χ4n) is 1.60. The van der Waals surface area contributed by atoms with E-state index in [4.69, 9.17) is 0 Å². The largest absolute Gasteiger partial charge is 0.335 e. The second kappa shape index (κ2) is 5.21. The van der Waals surface area contributed by atoms with E-state index in [1.807, 2.05) is 30.0 Å². The number of hydrogen-bond donors (Lipinski definition) is 1. The van der Waals surface area contributed by atoms with Gasteiger partial charge in [-0.1, -0.05) is 43.3 Å². The molecule has 0 saturated carbocycles. The average Bonchev–Trinajstić information content (AvgIpc) is 2.68. The third kappa shape index (κ3) is 2.99. The Kier molecular flexibility index (Phi) is 3.67. The van der Waals surface area contributed by atoms with E-state index >= 15 is 0 Å². The molecule has 0 aromatic heterocycles. The lowest BCUT2D eigenvalue weighted by atomic mass is 10.2. The number of anilines is 1. The van der Waals surface area contributed by atoms with Gasteiger partial charge in [-0.2, -0.15) is 0 Å². The summed E-state index contributed by atoms with van der Waals surface area (Å²) in [5.74, 6) is 0. The van der Waals surface area contributed by atoms with Crippen LogP contribution in [0.5, 0.6) is 0 Å². The van der Waals surface area contributed by atoms with Gasteiger partial charge >= 0.3 is 0 Å². The molecule has 1 N–H and O–H groups in total. The minimum absolute atomic E-state index is 0.682. The number of amidine groups is 1. The number of benzene rings is 1. The van der Waals surface area contributed by atoms with Gasteiger partial charge in [-0.15, -0.1) is 0 Å². The summed E-state index contributed by atoms with van der Waals surface area (Å²) >= 11 is 1.87. The Morgan fingerprint density at radius 1 is 1.40 bits per heavy atom. The van der Waals surface area contributed by atoms with Gasteiger partial charge in [0, 0.05) is 10.9 Å². The predicted octanol–water partition coefficient (Wildman–Crippen LogP) is 3.37. The second-order valence-corrected chi connectivity index (χ2v) is 4.95. The maximum atomic E-state index is 4.50. The molecule has 0 bridgehead atoms. The molecule has 1 atom stereocenters. The number of nitrogens with zero attached hydrogens (tertiary/aromatic N) is 1. The Morgan fingerprint density at radius 3 is 2.93 bits per heavy atom. The Balaban J connectivity index is 1.87. The first-order valence-corrected chi connectivity index (χ1v) is 6.29. The molecule has 0 spiro atoms. The van der Waals surface area contributed by atoms with Gasteiger partial charge in [0.1, 0.15) is 0 Å². The zero-order valence-corrected chi connectivity index (χ0v) is 9.76. The molecular weight excluding hydrogens is 204 g/mol. The van der Waals surface area contributed by atoms with E-state index in [-0.39, 0.29) is 0 Å². The molecule has 0 radical (unpaired) electrons. The van der Waals surface area contributed by atoms with Crippen LogP contribution in [0.1, 0.15) is 19.8 Å². The Morgan fingerprint density at radius 2 is 2.20 bits per heavy atom. The molecule has 0 amide bonds. The molecule has 1 aromatic rings. The highest BCUT2D eigenvalue weighted by molar-refractivity contribution is 8.15. The molecule has 0 fully saturated rings. The average molecular weight is 220 g/mol. The van der Waals surface area contributed by atoms with Gasteiger partial charge in [-0.05, 0) is 18.6 Å². The van der Waals surface area contributed by atoms with Crippen molar-refractivity contribution in [3.63, 3.8) is 0 Å². The van der Waals surface area contributed by atoms with Crippen LogP contribution in [0.2, 0.25) is 0 Å². The molecule has 0 saturated heterocycles. The van der Waals surface area contributed by atoms with Crippen LogP contribution < -0.4 is 5.32 Å². The third-order valence-corrected chi connectivity index (χ3v) is 3.53. The molecule has 1 aromatic carbocycles. The number of nitrogens with one attached hydrogen (secondary N) is 1. The van der Waals surface area contributed by atoms with Crippen LogP contribution in [0.15, 0.2) is 35.3 Å². The normalized spacial score (nSPS) is 20.1. The Labute approximate surface area is 95.2 Å². The van der Waals surface area contributed by atoms with Crippen molar-refractivity contribution in [2.45, 2.75) is 25.0 Å². The maximum Gasteiger partial charge on any atom is 0.161 e. The first-order chi connectivity index (χ1) is 7.38. The molecule has 0 aliphatic carbocycles. The molecule has 2 rings (SSSR count). The molecule has 1 unspecified atom stereocenters. The fourth-order valence-corrected chi connectivity index (χ4v) is 2.75. The van der Waals surface area contributed by atoms with Gasteiger partial charge in [0.15, 0.2) is 5.17 Å². The number of hydrogen-bond acceptors (Lipinski definition) is 3. The van der Waals surface area contributed by atoms with Gasteiger partial charge in [-0.25, -0.2) is 0 Å². The van der Waals surface area contributed by atoms with Gasteiger partial charge in [-0.3, -0.25) is 4.99 Å². The number of rotatable bonds is 3. The van der Waals surface area contributed by atoms with E-state index in [1.54, 1.807) is 0 Å². The fraction of sp³-hybridized carbons (Fsp3) is 0.417. The van der Waals surface area contributed by atoms with E-state index in [1.165, 1.54) is 12.8 Å². The van der Waals surface area contributed by atoms with Crippen molar-refractivity contribution in [1.29, 1.82) is 0 Å². The summed E-state index contributed by atoms with van der Waals surface area (Å²) in [4.78, 5) is 4.50. The SMILES string of the molecule is CCCC1CN=C(Nc2ccccc2)S1. The smallest absolute Gasteiger partial charge is 0.161 e. The van der Waals surface area contributed by atoms with Crippen molar-refractivity contribution in [3.05, 3.63) is 30.3 Å². The van der Waals surface area contributed by atoms with E-state index in [2.05, 4.69) is 29.4 Å². The van der Waals surface area contributed by atoms with Crippen molar-refractivity contribution in [1.82, 2.24) is 0 Å². The van der Waals surface area contributed by atoms with E-state index in [0.29, 0.717) is 5.25 Å². The van der Waals surface area contributed by atoms with Crippen molar-refractivity contribution in [3.8, 4) is 0 Å². The summed E-state index contributed by atoms with van der Waals surface area (Å²) in [6, 6.07) is 10.2. The number of para-hydroxylation sites is 1. The van der Waals surface area contributed by atoms with Crippen LogP contribution in [0.25, 0.3) is 0 Å². The minimum atomic E-state index is 0.682. The van der Waals surface area contributed by atoms with E-state index in [0.717, 1.165) is 17.4 Å². The first-order valence-electron chi connectivity index (χ1n) is 5.41. The summed E-state index contributed by atoms with van der Waals surface area (Å²) in [6.07, 6.45) is 2.50. The first kappa shape index (κ1) is 10.6. The Bertz CT molecular complexity index is 335. The third-order valence-electron chi connectivity index (χ3n) is 2.35. The standard InChI is InChI=1S/C12H16N2S/c1-2-6-11-9-13-12(15-11)14-10-7-4-3-5-8-10/h3-5,7-8,11H,2,6,9H2,1H3,(H,13,14). The van der Waals surface area contributed by atoms with Crippen LogP contribution in [-0.2, 0) is 0 Å². The number of aliphatic imine (C=N–C) groups is 1. The van der Waals surface area contributed by atoms with Gasteiger partial charge in [0.2, 0.25) is 0 Å². The van der Waals surface area contributed by atoms with Crippen molar-refractivity contribution in [2.75, 3.05) is 11.9 Å². The quantitative estimate of drug-likeness (QED) is 0.844. The lowest BCUT2D eigenvalue weighted by Crippen LogP contribution is -2.07. The van der Waals surface area contributed by atoms with Crippen LogP contribution >= 0.6 is 11.8 Å². The van der Waals surface area contributed by atoms with Crippen LogP contribution in [-0.4, -0.2) is 17.0 Å². The topological polar surface area (TPSA) is 24.4 Å². The van der Waals surface area contributed by atoms with Crippen LogP contribution in [0.3, 0.4) is 0 Å². The lowest BCUT2D eigenvalue weighted by molar-refractivity contribution is 0.754. The molecule has 1 aliphatic heterocycles. The summed E-state index contributed by atoms with van der Waals surface area (Å²) in [7, 11) is 0. The van der Waals surface area contributed by atoms with Gasteiger partial charge in [0.05, 0.1) is 6.54 Å². The Hall–Kier alpha value is -0.960. The highest BCUT2D eigenvalue weighted by Crippen LogP contribution is 2.25. The van der Waals surface area contributed by atoms with E-state index in [9.17, 15) is 0 Å². The van der Waals surface area contributed by atoms with Crippen molar-refractivity contribution < 1.29 is 0 Å². The summed E-state index contributed by atoms with van der Waals surface area (Å²) in [6.45, 7) is 3.19. The van der Waals surface area contributed by atoms with Gasteiger partial charge < -0.3 is 5.32 Å². The molecule has 80 valence electrons. The summed E-state index contributed by atoms with van der Waals surface area (Å²) < 4.78 is 0. The maximum absolute atomic E-state index is 4.50.